The van der Waals surface area contributed by atoms with E-state index in [-0.39, 0.29) is 0 Å². The number of rotatable bonds is 4. The summed E-state index contributed by atoms with van der Waals surface area (Å²) in [5, 5.41) is 0. The first-order chi connectivity index (χ1) is 10.4. The maximum absolute atomic E-state index is 11.7. The SMILES string of the molecule is CNS(=O)(=O)OC1OC2(CCCC2)OC1c1ccccc1N. The van der Waals surface area contributed by atoms with E-state index in [9.17, 15) is 8.42 Å². The predicted octanol–water partition coefficient (Wildman–Crippen LogP) is 1.43. The fraction of sp³-hybridized carbons (Fsp3) is 0.571. The molecule has 0 bridgehead atoms. The number of hydrogen-bond donors (Lipinski definition) is 2. The molecule has 2 aliphatic rings. The van der Waals surface area contributed by atoms with E-state index in [0.717, 1.165) is 25.7 Å². The van der Waals surface area contributed by atoms with Crippen LogP contribution in [-0.4, -0.2) is 27.5 Å². The Kier molecular flexibility index (Phi) is 4.13. The molecule has 1 heterocycles. The van der Waals surface area contributed by atoms with E-state index in [1.54, 1.807) is 18.2 Å². The molecular formula is C14H20N2O5S. The summed E-state index contributed by atoms with van der Waals surface area (Å²) in [5.41, 5.74) is 7.17. The number of anilines is 1. The molecule has 1 saturated heterocycles. The Hall–Kier alpha value is -1.19. The summed E-state index contributed by atoms with van der Waals surface area (Å²) >= 11 is 0. The van der Waals surface area contributed by atoms with Gasteiger partial charge in [0.25, 0.3) is 0 Å². The summed E-state index contributed by atoms with van der Waals surface area (Å²) in [5.74, 6) is -0.777. The monoisotopic (exact) mass is 328 g/mol. The highest BCUT2D eigenvalue weighted by Crippen LogP contribution is 2.48. The summed E-state index contributed by atoms with van der Waals surface area (Å²) < 4.78 is 42.6. The van der Waals surface area contributed by atoms with E-state index in [4.69, 9.17) is 19.4 Å². The molecule has 1 aliphatic carbocycles. The van der Waals surface area contributed by atoms with Crippen LogP contribution in [-0.2, 0) is 24.0 Å². The number of hydrogen-bond acceptors (Lipinski definition) is 6. The Balaban J connectivity index is 1.92. The zero-order chi connectivity index (χ0) is 15.8. The Labute approximate surface area is 130 Å². The smallest absolute Gasteiger partial charge is 0.338 e. The molecule has 3 rings (SSSR count). The van der Waals surface area contributed by atoms with Crippen LogP contribution >= 0.6 is 0 Å². The van der Waals surface area contributed by atoms with Crippen molar-refractivity contribution >= 4 is 16.0 Å². The second-order valence-electron chi connectivity index (χ2n) is 5.53. The standard InChI is InChI=1S/C14H20N2O5S/c1-16-22(17,18)21-13-12(10-6-2-3-7-11(10)15)19-14(20-13)8-4-5-9-14/h2-3,6-7,12-13,16H,4-5,8-9,15H2,1H3. The van der Waals surface area contributed by atoms with E-state index in [1.807, 2.05) is 6.07 Å². The first-order valence-electron chi connectivity index (χ1n) is 7.26. The molecule has 1 saturated carbocycles. The lowest BCUT2D eigenvalue weighted by Gasteiger charge is -2.21. The van der Waals surface area contributed by atoms with Crippen LogP contribution in [0.15, 0.2) is 24.3 Å². The molecule has 7 nitrogen and oxygen atoms in total. The second-order valence-corrected chi connectivity index (χ2v) is 7.03. The molecule has 0 radical (unpaired) electrons. The number of nitrogens with one attached hydrogen (secondary N) is 1. The third kappa shape index (κ3) is 2.97. The zero-order valence-electron chi connectivity index (χ0n) is 12.3. The average Bonchev–Trinajstić information content (AvgIpc) is 3.07. The summed E-state index contributed by atoms with van der Waals surface area (Å²) in [4.78, 5) is 0. The molecule has 8 heteroatoms. The number of nitrogens with two attached hydrogens (primary N) is 1. The van der Waals surface area contributed by atoms with Gasteiger partial charge in [-0.15, -0.1) is 0 Å². The molecule has 1 spiro atoms. The molecule has 122 valence electrons. The topological polar surface area (TPSA) is 99.9 Å². The van der Waals surface area contributed by atoms with E-state index < -0.39 is 28.5 Å². The second kappa shape index (κ2) is 5.78. The molecule has 1 aromatic rings. The minimum absolute atomic E-state index is 0.515. The van der Waals surface area contributed by atoms with Crippen LogP contribution in [0.5, 0.6) is 0 Å². The van der Waals surface area contributed by atoms with Gasteiger partial charge in [0.05, 0.1) is 0 Å². The van der Waals surface area contributed by atoms with E-state index in [0.29, 0.717) is 11.3 Å². The van der Waals surface area contributed by atoms with Crippen molar-refractivity contribution in [3.8, 4) is 0 Å². The Morgan fingerprint density at radius 2 is 1.95 bits per heavy atom. The van der Waals surface area contributed by atoms with Gasteiger partial charge < -0.3 is 15.2 Å². The fourth-order valence-corrected chi connectivity index (χ4v) is 3.45. The molecule has 22 heavy (non-hydrogen) atoms. The predicted molar refractivity (Wildman–Crippen MR) is 79.8 cm³/mol. The third-order valence-electron chi connectivity index (χ3n) is 4.06. The molecule has 3 N–H and O–H groups in total. The van der Waals surface area contributed by atoms with Gasteiger partial charge in [-0.25, -0.2) is 4.18 Å². The molecule has 2 atom stereocenters. The van der Waals surface area contributed by atoms with Gasteiger partial charge >= 0.3 is 10.3 Å². The van der Waals surface area contributed by atoms with Crippen molar-refractivity contribution < 1.29 is 22.1 Å². The Bertz CT molecular complexity index is 642. The average molecular weight is 328 g/mol. The highest BCUT2D eigenvalue weighted by atomic mass is 32.2. The van der Waals surface area contributed by atoms with Crippen LogP contribution in [0.4, 0.5) is 5.69 Å². The Morgan fingerprint density at radius 1 is 1.27 bits per heavy atom. The molecule has 2 fully saturated rings. The van der Waals surface area contributed by atoms with Crippen LogP contribution in [0, 0.1) is 0 Å². The quantitative estimate of drug-likeness (QED) is 0.811. The lowest BCUT2D eigenvalue weighted by Crippen LogP contribution is -2.32. The van der Waals surface area contributed by atoms with Gasteiger partial charge in [-0.05, 0) is 18.9 Å². The van der Waals surface area contributed by atoms with Crippen molar-refractivity contribution in [2.45, 2.75) is 43.9 Å². The summed E-state index contributed by atoms with van der Waals surface area (Å²) in [6.45, 7) is 0. The van der Waals surface area contributed by atoms with E-state index >= 15 is 0 Å². The maximum Gasteiger partial charge on any atom is 0.338 e. The molecule has 0 aromatic heterocycles. The maximum atomic E-state index is 11.7. The first kappa shape index (κ1) is 15.7. The van der Waals surface area contributed by atoms with Gasteiger partial charge in [0.2, 0.25) is 6.29 Å². The van der Waals surface area contributed by atoms with Gasteiger partial charge in [-0.1, -0.05) is 18.2 Å². The summed E-state index contributed by atoms with van der Waals surface area (Å²) in [6, 6.07) is 7.15. The van der Waals surface area contributed by atoms with Gasteiger partial charge in [-0.2, -0.15) is 13.1 Å². The van der Waals surface area contributed by atoms with Crippen molar-refractivity contribution in [2.75, 3.05) is 12.8 Å². The van der Waals surface area contributed by atoms with Crippen molar-refractivity contribution in [1.29, 1.82) is 0 Å². The minimum atomic E-state index is -3.90. The van der Waals surface area contributed by atoms with Gasteiger partial charge in [-0.3, -0.25) is 0 Å². The largest absolute Gasteiger partial charge is 0.398 e. The van der Waals surface area contributed by atoms with Crippen molar-refractivity contribution in [3.63, 3.8) is 0 Å². The number of nitrogen functional groups attached to an aromatic ring is 1. The molecule has 1 aliphatic heterocycles. The fourth-order valence-electron chi connectivity index (χ4n) is 2.96. The first-order valence-corrected chi connectivity index (χ1v) is 8.67. The summed E-state index contributed by atoms with van der Waals surface area (Å²) in [7, 11) is -2.62. The highest BCUT2D eigenvalue weighted by molar-refractivity contribution is 7.84. The van der Waals surface area contributed by atoms with Crippen LogP contribution < -0.4 is 10.5 Å². The van der Waals surface area contributed by atoms with Crippen molar-refractivity contribution in [1.82, 2.24) is 4.72 Å². The number of benzene rings is 1. The lowest BCUT2D eigenvalue weighted by atomic mass is 10.1. The lowest BCUT2D eigenvalue weighted by molar-refractivity contribution is -0.188. The highest BCUT2D eigenvalue weighted by Gasteiger charge is 2.52. The van der Waals surface area contributed by atoms with Gasteiger partial charge in [0.1, 0.15) is 6.10 Å². The molecule has 0 amide bonds. The van der Waals surface area contributed by atoms with Gasteiger partial charge in [0.15, 0.2) is 5.79 Å². The van der Waals surface area contributed by atoms with Crippen LogP contribution in [0.1, 0.15) is 37.4 Å². The van der Waals surface area contributed by atoms with E-state index in [1.165, 1.54) is 7.05 Å². The van der Waals surface area contributed by atoms with Crippen molar-refractivity contribution in [3.05, 3.63) is 29.8 Å². The van der Waals surface area contributed by atoms with Crippen molar-refractivity contribution in [2.24, 2.45) is 0 Å². The third-order valence-corrected chi connectivity index (χ3v) is 5.00. The van der Waals surface area contributed by atoms with Crippen LogP contribution in [0.2, 0.25) is 0 Å². The zero-order valence-corrected chi connectivity index (χ0v) is 13.1. The molecule has 1 aromatic carbocycles. The molecular weight excluding hydrogens is 308 g/mol. The van der Waals surface area contributed by atoms with Crippen LogP contribution in [0.3, 0.4) is 0 Å². The van der Waals surface area contributed by atoms with E-state index in [2.05, 4.69) is 4.72 Å². The normalized spacial score (nSPS) is 27.5. The number of ether oxygens (including phenoxy) is 2. The minimum Gasteiger partial charge on any atom is -0.398 e. The Morgan fingerprint density at radius 3 is 2.59 bits per heavy atom. The summed E-state index contributed by atoms with van der Waals surface area (Å²) in [6.07, 6.45) is 1.65. The van der Waals surface area contributed by atoms with Gasteiger partial charge in [0, 0.05) is 31.1 Å². The number of para-hydroxylation sites is 1. The van der Waals surface area contributed by atoms with Crippen LogP contribution in [0.25, 0.3) is 0 Å². The molecule has 2 unspecified atom stereocenters.